The van der Waals surface area contributed by atoms with Crippen LogP contribution in [0.25, 0.3) is 10.9 Å². The molecule has 0 radical (unpaired) electrons. The van der Waals surface area contributed by atoms with Crippen molar-refractivity contribution in [1.82, 2.24) is 20.2 Å². The minimum atomic E-state index is 0.577. The van der Waals surface area contributed by atoms with Crippen LogP contribution in [-0.2, 0) is 6.54 Å². The molecule has 2 heterocycles. The van der Waals surface area contributed by atoms with E-state index in [1.165, 1.54) is 6.33 Å². The minimum Gasteiger partial charge on any atom is -0.397 e. The number of hydrogen-bond donors (Lipinski definition) is 3. The van der Waals surface area contributed by atoms with E-state index in [-0.39, 0.29) is 0 Å². The third-order valence-electron chi connectivity index (χ3n) is 2.71. The number of nitrogens with one attached hydrogen (secondary N) is 2. The Bertz CT molecular complexity index is 661. The largest absolute Gasteiger partial charge is 0.397 e. The smallest absolute Gasteiger partial charge is 0.143 e. The highest BCUT2D eigenvalue weighted by molar-refractivity contribution is 5.97. The third-order valence-corrected chi connectivity index (χ3v) is 2.71. The first-order valence-electron chi connectivity index (χ1n) is 5.56. The molecule has 0 bridgehead atoms. The van der Waals surface area contributed by atoms with Gasteiger partial charge in [0.05, 0.1) is 17.7 Å². The molecule has 0 atom stereocenters. The number of anilines is 2. The van der Waals surface area contributed by atoms with E-state index in [4.69, 9.17) is 5.73 Å². The first kappa shape index (κ1) is 10.5. The summed E-state index contributed by atoms with van der Waals surface area (Å²) in [4.78, 5) is 8.35. The van der Waals surface area contributed by atoms with Gasteiger partial charge in [0.1, 0.15) is 12.2 Å². The summed E-state index contributed by atoms with van der Waals surface area (Å²) in [6.07, 6.45) is 3.22. The van der Waals surface area contributed by atoms with Gasteiger partial charge in [0, 0.05) is 17.3 Å². The number of pyridine rings is 1. The van der Waals surface area contributed by atoms with Crippen molar-refractivity contribution in [3.8, 4) is 0 Å². The van der Waals surface area contributed by atoms with E-state index in [0.717, 1.165) is 22.4 Å². The molecule has 0 amide bonds. The van der Waals surface area contributed by atoms with E-state index < -0.39 is 0 Å². The highest BCUT2D eigenvalue weighted by Gasteiger charge is 2.04. The van der Waals surface area contributed by atoms with E-state index in [1.54, 1.807) is 6.20 Å². The van der Waals surface area contributed by atoms with Gasteiger partial charge in [-0.1, -0.05) is 12.1 Å². The number of aromatic amines is 1. The van der Waals surface area contributed by atoms with Crippen LogP contribution >= 0.6 is 0 Å². The van der Waals surface area contributed by atoms with Crippen molar-refractivity contribution < 1.29 is 0 Å². The minimum absolute atomic E-state index is 0.577. The molecule has 0 saturated carbocycles. The lowest BCUT2D eigenvalue weighted by molar-refractivity contribution is 0.955. The van der Waals surface area contributed by atoms with Crippen LogP contribution in [0.5, 0.6) is 0 Å². The lowest BCUT2D eigenvalue weighted by Gasteiger charge is -2.08. The molecule has 3 aromatic rings. The molecule has 0 saturated heterocycles. The Morgan fingerprint density at radius 3 is 3.00 bits per heavy atom. The summed E-state index contributed by atoms with van der Waals surface area (Å²) in [5.41, 5.74) is 8.35. The number of H-pyrrole nitrogens is 1. The first-order valence-corrected chi connectivity index (χ1v) is 5.56. The monoisotopic (exact) mass is 240 g/mol. The molecule has 90 valence electrons. The summed E-state index contributed by atoms with van der Waals surface area (Å²) in [6.45, 7) is 0.577. The number of benzene rings is 1. The van der Waals surface area contributed by atoms with Gasteiger partial charge in [-0.2, -0.15) is 5.10 Å². The van der Waals surface area contributed by atoms with Crippen molar-refractivity contribution in [2.45, 2.75) is 6.54 Å². The van der Waals surface area contributed by atoms with Crippen molar-refractivity contribution in [3.63, 3.8) is 0 Å². The van der Waals surface area contributed by atoms with Gasteiger partial charge in [0.2, 0.25) is 0 Å². The predicted molar refractivity (Wildman–Crippen MR) is 69.9 cm³/mol. The van der Waals surface area contributed by atoms with Gasteiger partial charge in [-0.05, 0) is 12.1 Å². The molecule has 6 heteroatoms. The highest BCUT2D eigenvalue weighted by Crippen LogP contribution is 2.25. The Labute approximate surface area is 103 Å². The zero-order chi connectivity index (χ0) is 12.4. The van der Waals surface area contributed by atoms with Gasteiger partial charge in [-0.3, -0.25) is 10.1 Å². The second-order valence-electron chi connectivity index (χ2n) is 3.89. The van der Waals surface area contributed by atoms with Crippen LogP contribution in [0.15, 0.2) is 36.8 Å². The number of aromatic nitrogens is 4. The number of nitrogens with zero attached hydrogens (tertiary/aromatic N) is 3. The fourth-order valence-corrected chi connectivity index (χ4v) is 1.85. The molecule has 0 aliphatic carbocycles. The third kappa shape index (κ3) is 1.84. The van der Waals surface area contributed by atoms with Crippen LogP contribution in [0.4, 0.5) is 11.4 Å². The lowest BCUT2D eigenvalue weighted by Crippen LogP contribution is -2.02. The summed E-state index contributed by atoms with van der Waals surface area (Å²) in [5, 5.41) is 10.9. The van der Waals surface area contributed by atoms with Gasteiger partial charge >= 0.3 is 0 Å². The zero-order valence-corrected chi connectivity index (χ0v) is 9.59. The van der Waals surface area contributed by atoms with Crippen LogP contribution in [0.2, 0.25) is 0 Å². The van der Waals surface area contributed by atoms with Gasteiger partial charge in [-0.15, -0.1) is 0 Å². The first-order chi connectivity index (χ1) is 8.84. The van der Waals surface area contributed by atoms with Gasteiger partial charge in [-0.25, -0.2) is 4.98 Å². The van der Waals surface area contributed by atoms with Gasteiger partial charge in [0.15, 0.2) is 0 Å². The van der Waals surface area contributed by atoms with Crippen molar-refractivity contribution in [2.24, 2.45) is 0 Å². The van der Waals surface area contributed by atoms with E-state index in [1.807, 2.05) is 24.3 Å². The van der Waals surface area contributed by atoms with Crippen LogP contribution in [-0.4, -0.2) is 20.2 Å². The van der Waals surface area contributed by atoms with Crippen LogP contribution in [0.3, 0.4) is 0 Å². The number of fused-ring (bicyclic) bond motifs is 1. The average molecular weight is 240 g/mol. The Balaban J connectivity index is 1.94. The molecule has 1 aromatic carbocycles. The second kappa shape index (κ2) is 4.33. The molecule has 2 aromatic heterocycles. The molecule has 4 N–H and O–H groups in total. The van der Waals surface area contributed by atoms with E-state index in [9.17, 15) is 0 Å². The molecular formula is C12H12N6. The van der Waals surface area contributed by atoms with E-state index >= 15 is 0 Å². The van der Waals surface area contributed by atoms with Crippen LogP contribution in [0, 0.1) is 0 Å². The summed E-state index contributed by atoms with van der Waals surface area (Å²) in [5.74, 6) is 0.781. The van der Waals surface area contributed by atoms with Crippen molar-refractivity contribution in [3.05, 3.63) is 42.6 Å². The standard InChI is InChI=1S/C12H12N6/c13-9-3-1-2-8-10(4-5-14-12(8)9)15-6-11-16-7-17-18-11/h1-5,7H,6,13H2,(H,14,15)(H,16,17,18). The maximum absolute atomic E-state index is 5.90. The molecule has 6 nitrogen and oxygen atoms in total. The lowest BCUT2D eigenvalue weighted by atomic mass is 10.1. The summed E-state index contributed by atoms with van der Waals surface area (Å²) < 4.78 is 0. The highest BCUT2D eigenvalue weighted by atomic mass is 15.2. The number of rotatable bonds is 3. The maximum atomic E-state index is 5.90. The molecule has 3 rings (SSSR count). The summed E-state index contributed by atoms with van der Waals surface area (Å²) in [7, 11) is 0. The number of nitrogens with two attached hydrogens (primary N) is 1. The molecule has 0 aliphatic rings. The number of hydrogen-bond acceptors (Lipinski definition) is 5. The Hall–Kier alpha value is -2.63. The van der Waals surface area contributed by atoms with Gasteiger partial charge < -0.3 is 11.1 Å². The SMILES string of the molecule is Nc1cccc2c(NCc3ncn[nH]3)ccnc12. The number of para-hydroxylation sites is 1. The fraction of sp³-hybridized carbons (Fsp3) is 0.0833. The Morgan fingerprint density at radius 1 is 1.22 bits per heavy atom. The van der Waals surface area contributed by atoms with Crippen molar-refractivity contribution in [1.29, 1.82) is 0 Å². The van der Waals surface area contributed by atoms with Crippen molar-refractivity contribution >= 4 is 22.3 Å². The molecule has 18 heavy (non-hydrogen) atoms. The van der Waals surface area contributed by atoms with Crippen molar-refractivity contribution in [2.75, 3.05) is 11.1 Å². The van der Waals surface area contributed by atoms with E-state index in [0.29, 0.717) is 12.2 Å². The second-order valence-corrected chi connectivity index (χ2v) is 3.89. The molecular weight excluding hydrogens is 228 g/mol. The Morgan fingerprint density at radius 2 is 2.17 bits per heavy atom. The molecule has 0 unspecified atom stereocenters. The molecule has 0 aliphatic heterocycles. The normalized spacial score (nSPS) is 10.7. The molecule has 0 spiro atoms. The Kier molecular flexibility index (Phi) is 2.53. The maximum Gasteiger partial charge on any atom is 0.143 e. The predicted octanol–water partition coefficient (Wildman–Crippen LogP) is 1.55. The number of nitrogen functional groups attached to an aromatic ring is 1. The average Bonchev–Trinajstić information content (AvgIpc) is 2.90. The van der Waals surface area contributed by atoms with Crippen LogP contribution in [0.1, 0.15) is 5.82 Å². The quantitative estimate of drug-likeness (QED) is 0.604. The van der Waals surface area contributed by atoms with Crippen LogP contribution < -0.4 is 11.1 Å². The summed E-state index contributed by atoms with van der Waals surface area (Å²) >= 11 is 0. The topological polar surface area (TPSA) is 92.5 Å². The fourth-order valence-electron chi connectivity index (χ4n) is 1.85. The van der Waals surface area contributed by atoms with Gasteiger partial charge in [0.25, 0.3) is 0 Å². The summed E-state index contributed by atoms with van der Waals surface area (Å²) in [6, 6.07) is 7.66. The molecule has 0 fully saturated rings. The zero-order valence-electron chi connectivity index (χ0n) is 9.59. The van der Waals surface area contributed by atoms with E-state index in [2.05, 4.69) is 25.5 Å².